The first-order valence-corrected chi connectivity index (χ1v) is 7.67. The largest absolute Gasteiger partial charge is 0.207 e. The molecule has 0 spiro atoms. The molecule has 0 aliphatic carbocycles. The highest BCUT2D eigenvalue weighted by Crippen LogP contribution is 2.38. The topological polar surface area (TPSA) is 65.4 Å². The van der Waals surface area contributed by atoms with E-state index in [2.05, 4.69) is 15.4 Å². The monoisotopic (exact) mass is 320 g/mol. The van der Waals surface area contributed by atoms with Gasteiger partial charge in [0, 0.05) is 20.7 Å². The van der Waals surface area contributed by atoms with Gasteiger partial charge in [0.1, 0.15) is 17.6 Å². The van der Waals surface area contributed by atoms with Crippen LogP contribution in [-0.4, -0.2) is 15.4 Å². The summed E-state index contributed by atoms with van der Waals surface area (Å²) in [5, 5.41) is 20.5. The van der Waals surface area contributed by atoms with Crippen LogP contribution in [0, 0.1) is 17.1 Å². The van der Waals surface area contributed by atoms with Crippen LogP contribution in [0.2, 0.25) is 0 Å². The van der Waals surface area contributed by atoms with Crippen molar-refractivity contribution >= 4 is 21.4 Å². The molecule has 4 rings (SSSR count). The van der Waals surface area contributed by atoms with Crippen molar-refractivity contribution < 1.29 is 4.39 Å². The summed E-state index contributed by atoms with van der Waals surface area (Å²) in [5.41, 5.74) is 2.54. The van der Waals surface area contributed by atoms with E-state index in [9.17, 15) is 4.39 Å². The number of halogens is 1. The van der Waals surface area contributed by atoms with Gasteiger partial charge >= 0.3 is 0 Å². The smallest absolute Gasteiger partial charge is 0.190 e. The summed E-state index contributed by atoms with van der Waals surface area (Å²) in [6.45, 7) is 0. The van der Waals surface area contributed by atoms with Gasteiger partial charge < -0.3 is 0 Å². The quantitative estimate of drug-likeness (QED) is 0.596. The molecule has 0 saturated carbocycles. The molecule has 110 valence electrons. The number of benzene rings is 2. The Kier molecular flexibility index (Phi) is 3.14. The number of fused-ring (bicyclic) bond motifs is 1. The summed E-state index contributed by atoms with van der Waals surface area (Å²) in [4.78, 5) is 0.994. The third-order valence-corrected chi connectivity index (χ3v) is 4.73. The second kappa shape index (κ2) is 5.30. The first-order chi connectivity index (χ1) is 11.3. The molecular weight excluding hydrogens is 311 g/mol. The minimum Gasteiger partial charge on any atom is -0.207 e. The molecule has 1 N–H and O–H groups in total. The van der Waals surface area contributed by atoms with Crippen LogP contribution in [0.4, 0.5) is 4.39 Å². The molecule has 0 amide bonds. The lowest BCUT2D eigenvalue weighted by molar-refractivity contribution is 0.630. The molecule has 2 aromatic carbocycles. The molecule has 0 radical (unpaired) electrons. The van der Waals surface area contributed by atoms with E-state index >= 15 is 0 Å². The van der Waals surface area contributed by atoms with Crippen molar-refractivity contribution in [3.63, 3.8) is 0 Å². The Morgan fingerprint density at radius 3 is 2.70 bits per heavy atom. The number of nitrogens with zero attached hydrogens (tertiary/aromatic N) is 3. The average molecular weight is 320 g/mol. The minimum atomic E-state index is -0.251. The predicted octanol–water partition coefficient (Wildman–Crippen LogP) is 4.36. The summed E-state index contributed by atoms with van der Waals surface area (Å²) in [6, 6.07) is 16.4. The Balaban J connectivity index is 1.94. The van der Waals surface area contributed by atoms with Crippen molar-refractivity contribution in [1.82, 2.24) is 15.4 Å². The third kappa shape index (κ3) is 2.28. The Bertz CT molecular complexity index is 1060. The first-order valence-electron chi connectivity index (χ1n) is 6.86. The lowest BCUT2D eigenvalue weighted by Crippen LogP contribution is -1.86. The standard InChI is InChI=1S/C17H9FN4S/c18-11-5-6-15-10(7-11)8-16(23-15)12-3-1-2-4-13(12)17-14(9-19)20-22-21-17/h1-8H,(H,20,21,22). The van der Waals surface area contributed by atoms with Crippen LogP contribution >= 0.6 is 11.3 Å². The molecule has 0 aliphatic heterocycles. The molecule has 6 heteroatoms. The normalized spacial score (nSPS) is 10.8. The van der Waals surface area contributed by atoms with Gasteiger partial charge in [-0.1, -0.05) is 24.3 Å². The van der Waals surface area contributed by atoms with Crippen LogP contribution < -0.4 is 0 Å². The fourth-order valence-corrected chi connectivity index (χ4v) is 3.63. The second-order valence-corrected chi connectivity index (χ2v) is 6.05. The van der Waals surface area contributed by atoms with Crippen molar-refractivity contribution in [2.75, 3.05) is 0 Å². The van der Waals surface area contributed by atoms with Crippen molar-refractivity contribution in [2.45, 2.75) is 0 Å². The maximum atomic E-state index is 13.4. The number of hydrogen-bond donors (Lipinski definition) is 1. The van der Waals surface area contributed by atoms with E-state index in [0.29, 0.717) is 5.69 Å². The number of rotatable bonds is 2. The summed E-state index contributed by atoms with van der Waals surface area (Å²) in [5.74, 6) is -0.251. The zero-order valence-electron chi connectivity index (χ0n) is 11.7. The van der Waals surface area contributed by atoms with Crippen LogP contribution in [-0.2, 0) is 0 Å². The highest BCUT2D eigenvalue weighted by Gasteiger charge is 2.16. The zero-order valence-corrected chi connectivity index (χ0v) is 12.6. The van der Waals surface area contributed by atoms with E-state index < -0.39 is 0 Å². The van der Waals surface area contributed by atoms with E-state index in [1.807, 2.05) is 36.4 Å². The SMILES string of the molecule is N#Cc1n[nH]nc1-c1ccccc1-c1cc2cc(F)ccc2s1. The molecule has 0 aliphatic rings. The summed E-state index contributed by atoms with van der Waals surface area (Å²) >= 11 is 1.58. The lowest BCUT2D eigenvalue weighted by atomic mass is 10.0. The Morgan fingerprint density at radius 1 is 1.04 bits per heavy atom. The number of nitriles is 1. The molecule has 2 aromatic heterocycles. The molecule has 4 nitrogen and oxygen atoms in total. The number of thiophene rings is 1. The van der Waals surface area contributed by atoms with Crippen LogP contribution in [0.5, 0.6) is 0 Å². The van der Waals surface area contributed by atoms with E-state index in [4.69, 9.17) is 5.26 Å². The fourth-order valence-electron chi connectivity index (χ4n) is 2.55. The maximum Gasteiger partial charge on any atom is 0.190 e. The highest BCUT2D eigenvalue weighted by molar-refractivity contribution is 7.22. The molecule has 0 bridgehead atoms. The molecule has 0 fully saturated rings. The fraction of sp³-hybridized carbons (Fsp3) is 0. The van der Waals surface area contributed by atoms with Gasteiger partial charge in [-0.2, -0.15) is 15.6 Å². The van der Waals surface area contributed by atoms with Crippen LogP contribution in [0.1, 0.15) is 5.69 Å². The van der Waals surface area contributed by atoms with E-state index in [1.165, 1.54) is 12.1 Å². The first kappa shape index (κ1) is 13.6. The molecule has 0 atom stereocenters. The van der Waals surface area contributed by atoms with Gasteiger partial charge in [0.2, 0.25) is 0 Å². The molecular formula is C17H9FN4S. The highest BCUT2D eigenvalue weighted by atomic mass is 32.1. The van der Waals surface area contributed by atoms with Gasteiger partial charge in [-0.05, 0) is 29.7 Å². The maximum absolute atomic E-state index is 13.4. The summed E-state index contributed by atoms with van der Waals surface area (Å²) < 4.78 is 14.4. The number of aromatic amines is 1. The van der Waals surface area contributed by atoms with Crippen molar-refractivity contribution in [1.29, 1.82) is 5.26 Å². The van der Waals surface area contributed by atoms with Crippen LogP contribution in [0.15, 0.2) is 48.5 Å². The molecule has 23 heavy (non-hydrogen) atoms. The van der Waals surface area contributed by atoms with Crippen molar-refractivity contribution in [3.05, 3.63) is 60.0 Å². The number of hydrogen-bond acceptors (Lipinski definition) is 4. The number of H-pyrrole nitrogens is 1. The van der Waals surface area contributed by atoms with E-state index in [-0.39, 0.29) is 11.5 Å². The van der Waals surface area contributed by atoms with Gasteiger partial charge in [-0.3, -0.25) is 0 Å². The molecule has 0 unspecified atom stereocenters. The van der Waals surface area contributed by atoms with Gasteiger partial charge in [0.15, 0.2) is 5.69 Å². The van der Waals surface area contributed by atoms with Crippen LogP contribution in [0.25, 0.3) is 31.8 Å². The summed E-state index contributed by atoms with van der Waals surface area (Å²) in [7, 11) is 0. The number of nitrogens with one attached hydrogen (secondary N) is 1. The van der Waals surface area contributed by atoms with Gasteiger partial charge in [-0.15, -0.1) is 16.4 Å². The third-order valence-electron chi connectivity index (χ3n) is 3.58. The number of aromatic nitrogens is 3. The van der Waals surface area contributed by atoms with Crippen molar-refractivity contribution in [3.8, 4) is 27.8 Å². The van der Waals surface area contributed by atoms with E-state index in [0.717, 1.165) is 26.1 Å². The Labute approximate surface area is 134 Å². The average Bonchev–Trinajstić information content (AvgIpc) is 3.20. The Hall–Kier alpha value is -3.04. The van der Waals surface area contributed by atoms with Gasteiger partial charge in [-0.25, -0.2) is 4.39 Å². The lowest BCUT2D eigenvalue weighted by Gasteiger charge is -2.04. The van der Waals surface area contributed by atoms with Gasteiger partial charge in [0.25, 0.3) is 0 Å². The second-order valence-electron chi connectivity index (χ2n) is 4.97. The predicted molar refractivity (Wildman–Crippen MR) is 87.3 cm³/mol. The molecule has 4 aromatic rings. The van der Waals surface area contributed by atoms with Crippen LogP contribution in [0.3, 0.4) is 0 Å². The van der Waals surface area contributed by atoms with E-state index in [1.54, 1.807) is 17.4 Å². The zero-order chi connectivity index (χ0) is 15.8. The minimum absolute atomic E-state index is 0.251. The molecule has 0 saturated heterocycles. The van der Waals surface area contributed by atoms with Crippen molar-refractivity contribution in [2.24, 2.45) is 0 Å². The Morgan fingerprint density at radius 2 is 1.87 bits per heavy atom. The summed E-state index contributed by atoms with van der Waals surface area (Å²) in [6.07, 6.45) is 0. The molecule has 2 heterocycles. The van der Waals surface area contributed by atoms with Gasteiger partial charge in [0.05, 0.1) is 0 Å².